The van der Waals surface area contributed by atoms with Gasteiger partial charge in [0.1, 0.15) is 16.4 Å². The fourth-order valence-electron chi connectivity index (χ4n) is 1.60. The Bertz CT molecular complexity index is 458. The van der Waals surface area contributed by atoms with Gasteiger partial charge in [0.15, 0.2) is 0 Å². The van der Waals surface area contributed by atoms with E-state index in [1.807, 2.05) is 0 Å². The number of carbonyl (C=O) groups is 2. The summed E-state index contributed by atoms with van der Waals surface area (Å²) in [7, 11) is 0. The number of hydrogen-bond acceptors (Lipinski definition) is 3. The molecule has 0 radical (unpaired) electrons. The monoisotopic (exact) mass is 270 g/mol. The molecule has 0 fully saturated rings. The van der Waals surface area contributed by atoms with E-state index in [0.717, 1.165) is 0 Å². The molecule has 0 aromatic carbocycles. The molecule has 1 aromatic heterocycles. The first-order valence-corrected chi connectivity index (χ1v) is 6.01. The normalized spacial score (nSPS) is 11.1. The minimum absolute atomic E-state index is 0.107. The lowest BCUT2D eigenvalue weighted by Crippen LogP contribution is -2.53. The number of pyridine rings is 1. The van der Waals surface area contributed by atoms with Crippen LogP contribution in [0.5, 0.6) is 0 Å². The van der Waals surface area contributed by atoms with Gasteiger partial charge >= 0.3 is 5.97 Å². The van der Waals surface area contributed by atoms with E-state index in [0.29, 0.717) is 12.8 Å². The van der Waals surface area contributed by atoms with Gasteiger partial charge in [-0.2, -0.15) is 0 Å². The zero-order chi connectivity index (χ0) is 13.8. The molecule has 0 spiro atoms. The molecule has 0 aliphatic rings. The van der Waals surface area contributed by atoms with Crippen molar-refractivity contribution < 1.29 is 14.7 Å². The molecule has 0 saturated heterocycles. The van der Waals surface area contributed by atoms with Crippen LogP contribution in [0.25, 0.3) is 0 Å². The Kier molecular flexibility index (Phi) is 4.67. The molecule has 2 N–H and O–H groups in total. The number of rotatable bonds is 5. The third-order valence-electron chi connectivity index (χ3n) is 2.92. The summed E-state index contributed by atoms with van der Waals surface area (Å²) in [5.41, 5.74) is -1.16. The molecule has 5 nitrogen and oxygen atoms in total. The van der Waals surface area contributed by atoms with Crippen LogP contribution in [0.4, 0.5) is 0 Å². The maximum atomic E-state index is 11.9. The van der Waals surface area contributed by atoms with Crippen LogP contribution in [0.15, 0.2) is 18.2 Å². The van der Waals surface area contributed by atoms with Crippen LogP contribution < -0.4 is 5.32 Å². The van der Waals surface area contributed by atoms with E-state index in [2.05, 4.69) is 10.3 Å². The summed E-state index contributed by atoms with van der Waals surface area (Å²) in [6.07, 6.45) is 0.594. The van der Waals surface area contributed by atoms with Gasteiger partial charge in [-0.25, -0.2) is 9.78 Å². The Morgan fingerprint density at radius 2 is 2.00 bits per heavy atom. The Balaban J connectivity index is 2.95. The molecular weight excluding hydrogens is 256 g/mol. The minimum Gasteiger partial charge on any atom is -0.480 e. The molecule has 98 valence electrons. The number of nitrogens with one attached hydrogen (secondary N) is 1. The summed E-state index contributed by atoms with van der Waals surface area (Å²) in [5.74, 6) is -1.59. The molecule has 0 saturated carbocycles. The summed E-state index contributed by atoms with van der Waals surface area (Å²) >= 11 is 5.68. The fraction of sp³-hybridized carbons (Fsp3) is 0.417. The predicted octanol–water partition coefficient (Wildman–Crippen LogP) is 2.11. The van der Waals surface area contributed by atoms with Crippen molar-refractivity contribution in [1.82, 2.24) is 10.3 Å². The topological polar surface area (TPSA) is 79.3 Å². The second-order valence-electron chi connectivity index (χ2n) is 3.89. The van der Waals surface area contributed by atoms with E-state index in [9.17, 15) is 14.7 Å². The Hall–Kier alpha value is -1.62. The van der Waals surface area contributed by atoms with Gasteiger partial charge in [-0.15, -0.1) is 0 Å². The second-order valence-corrected chi connectivity index (χ2v) is 4.28. The van der Waals surface area contributed by atoms with Crippen LogP contribution in [0.3, 0.4) is 0 Å². The number of aromatic nitrogens is 1. The number of hydrogen-bond donors (Lipinski definition) is 2. The molecule has 1 amide bonds. The number of amides is 1. The highest BCUT2D eigenvalue weighted by molar-refractivity contribution is 6.29. The molecule has 18 heavy (non-hydrogen) atoms. The molecule has 1 aromatic rings. The maximum absolute atomic E-state index is 11.9. The van der Waals surface area contributed by atoms with Crippen molar-refractivity contribution in [2.45, 2.75) is 32.2 Å². The highest BCUT2D eigenvalue weighted by atomic mass is 35.5. The van der Waals surface area contributed by atoms with Gasteiger partial charge in [0.05, 0.1) is 0 Å². The largest absolute Gasteiger partial charge is 0.480 e. The van der Waals surface area contributed by atoms with Crippen LogP contribution >= 0.6 is 11.6 Å². The summed E-state index contributed by atoms with van der Waals surface area (Å²) in [4.78, 5) is 27.0. The smallest absolute Gasteiger partial charge is 0.329 e. The molecular formula is C12H15ClN2O3. The first kappa shape index (κ1) is 14.4. The Morgan fingerprint density at radius 1 is 1.39 bits per heavy atom. The van der Waals surface area contributed by atoms with Crippen molar-refractivity contribution in [3.63, 3.8) is 0 Å². The van der Waals surface area contributed by atoms with E-state index in [-0.39, 0.29) is 10.8 Å². The first-order chi connectivity index (χ1) is 8.45. The molecule has 0 atom stereocenters. The minimum atomic E-state index is -1.26. The summed E-state index contributed by atoms with van der Waals surface area (Å²) in [6.45, 7) is 3.42. The number of carboxylic acids is 1. The highest BCUT2D eigenvalue weighted by Gasteiger charge is 2.36. The number of carbonyl (C=O) groups excluding carboxylic acids is 1. The van der Waals surface area contributed by atoms with E-state index in [1.54, 1.807) is 26.0 Å². The summed E-state index contributed by atoms with van der Waals surface area (Å²) < 4.78 is 0. The fourth-order valence-corrected chi connectivity index (χ4v) is 1.76. The van der Waals surface area contributed by atoms with Crippen molar-refractivity contribution >= 4 is 23.5 Å². The van der Waals surface area contributed by atoms with Crippen molar-refractivity contribution in [3.8, 4) is 0 Å². The van der Waals surface area contributed by atoms with Gasteiger partial charge in [-0.05, 0) is 25.0 Å². The lowest BCUT2D eigenvalue weighted by Gasteiger charge is -2.27. The average molecular weight is 271 g/mol. The average Bonchev–Trinajstić information content (AvgIpc) is 2.35. The molecule has 0 unspecified atom stereocenters. The zero-order valence-electron chi connectivity index (χ0n) is 10.2. The van der Waals surface area contributed by atoms with Gasteiger partial charge in [0, 0.05) is 0 Å². The Labute approximate surface area is 110 Å². The standard InChI is InChI=1S/C12H15ClN2O3/c1-3-12(4-2,11(17)18)15-10(16)8-6-5-7-9(13)14-8/h5-7H,3-4H2,1-2H3,(H,15,16)(H,17,18). The molecule has 1 rings (SSSR count). The van der Waals surface area contributed by atoms with Crippen molar-refractivity contribution in [2.75, 3.05) is 0 Å². The first-order valence-electron chi connectivity index (χ1n) is 5.63. The molecule has 1 heterocycles. The maximum Gasteiger partial charge on any atom is 0.329 e. The van der Waals surface area contributed by atoms with Crippen LogP contribution in [-0.4, -0.2) is 27.5 Å². The predicted molar refractivity (Wildman–Crippen MR) is 67.7 cm³/mol. The van der Waals surface area contributed by atoms with E-state index < -0.39 is 17.4 Å². The van der Waals surface area contributed by atoms with Gasteiger partial charge in [-0.3, -0.25) is 4.79 Å². The number of aliphatic carboxylic acids is 1. The van der Waals surface area contributed by atoms with Crippen LogP contribution in [0.2, 0.25) is 5.15 Å². The number of carboxylic acid groups (broad SMARTS) is 1. The molecule has 0 aliphatic heterocycles. The molecule has 0 bridgehead atoms. The number of nitrogens with zero attached hydrogens (tertiary/aromatic N) is 1. The number of halogens is 1. The summed E-state index contributed by atoms with van der Waals surface area (Å²) in [5, 5.41) is 11.9. The van der Waals surface area contributed by atoms with Crippen molar-refractivity contribution in [2.24, 2.45) is 0 Å². The molecule has 6 heteroatoms. The molecule has 0 aliphatic carbocycles. The summed E-state index contributed by atoms with van der Waals surface area (Å²) in [6, 6.07) is 4.62. The van der Waals surface area contributed by atoms with E-state index in [1.165, 1.54) is 6.07 Å². The second kappa shape index (κ2) is 5.82. The quantitative estimate of drug-likeness (QED) is 0.803. The van der Waals surface area contributed by atoms with Gasteiger partial charge in [0.2, 0.25) is 0 Å². The van der Waals surface area contributed by atoms with E-state index in [4.69, 9.17) is 11.6 Å². The third-order valence-corrected chi connectivity index (χ3v) is 3.13. The van der Waals surface area contributed by atoms with Crippen LogP contribution in [0.1, 0.15) is 37.2 Å². The SMILES string of the molecule is CCC(CC)(NC(=O)c1cccc(Cl)n1)C(=O)O. The van der Waals surface area contributed by atoms with Crippen molar-refractivity contribution in [1.29, 1.82) is 0 Å². The van der Waals surface area contributed by atoms with Crippen LogP contribution in [0, 0.1) is 0 Å². The van der Waals surface area contributed by atoms with Crippen molar-refractivity contribution in [3.05, 3.63) is 29.0 Å². The zero-order valence-corrected chi connectivity index (χ0v) is 11.0. The van der Waals surface area contributed by atoms with Crippen LogP contribution in [-0.2, 0) is 4.79 Å². The third kappa shape index (κ3) is 2.98. The highest BCUT2D eigenvalue weighted by Crippen LogP contribution is 2.16. The van der Waals surface area contributed by atoms with E-state index >= 15 is 0 Å². The Morgan fingerprint density at radius 3 is 2.44 bits per heavy atom. The van der Waals surface area contributed by atoms with Gasteiger partial charge < -0.3 is 10.4 Å². The lowest BCUT2D eigenvalue weighted by molar-refractivity contribution is -0.144. The lowest BCUT2D eigenvalue weighted by atomic mass is 9.93. The van der Waals surface area contributed by atoms with Gasteiger partial charge in [0.25, 0.3) is 5.91 Å². The van der Waals surface area contributed by atoms with Gasteiger partial charge in [-0.1, -0.05) is 31.5 Å².